The maximum absolute atomic E-state index is 12.7. The molecule has 146 valence electrons. The molecule has 0 saturated carbocycles. The van der Waals surface area contributed by atoms with E-state index in [0.717, 1.165) is 15.6 Å². The average Bonchev–Trinajstić information content (AvgIpc) is 2.92. The first-order valence-electron chi connectivity index (χ1n) is 8.66. The summed E-state index contributed by atoms with van der Waals surface area (Å²) in [5.74, 6) is -0.806. The number of imidazole rings is 1. The number of esters is 1. The standard InChI is InChI=1S/C20H20BrN3O4/c1-23-16-8-3-4-9-17(16)24(20(23)27)12-18(25)22-15(11-19(26)28-2)13-6-5-7-14(21)10-13/h3-10,15H,11-12H2,1-2H3,(H,22,25)/t15-/m0/s1. The van der Waals surface area contributed by atoms with Crippen LogP contribution in [0, 0.1) is 0 Å². The number of carbonyl (C=O) groups is 2. The first kappa shape index (κ1) is 19.9. The van der Waals surface area contributed by atoms with Gasteiger partial charge in [0, 0.05) is 11.5 Å². The van der Waals surface area contributed by atoms with Gasteiger partial charge in [0.1, 0.15) is 6.54 Å². The van der Waals surface area contributed by atoms with Crippen LogP contribution in [0.25, 0.3) is 11.0 Å². The molecule has 0 spiro atoms. The second kappa shape index (κ2) is 8.43. The van der Waals surface area contributed by atoms with E-state index in [-0.39, 0.29) is 24.6 Å². The largest absolute Gasteiger partial charge is 0.469 e. The molecule has 0 unspecified atom stereocenters. The minimum absolute atomic E-state index is 0.0108. The predicted molar refractivity (Wildman–Crippen MR) is 109 cm³/mol. The highest BCUT2D eigenvalue weighted by Gasteiger charge is 2.21. The topological polar surface area (TPSA) is 82.3 Å². The Morgan fingerprint density at radius 1 is 1.14 bits per heavy atom. The van der Waals surface area contributed by atoms with E-state index >= 15 is 0 Å². The number of amides is 1. The molecule has 3 rings (SSSR count). The van der Waals surface area contributed by atoms with E-state index in [2.05, 4.69) is 21.2 Å². The van der Waals surface area contributed by atoms with E-state index in [4.69, 9.17) is 4.74 Å². The minimum atomic E-state index is -0.567. The van der Waals surface area contributed by atoms with Gasteiger partial charge >= 0.3 is 11.7 Å². The monoisotopic (exact) mass is 445 g/mol. The first-order valence-corrected chi connectivity index (χ1v) is 9.46. The van der Waals surface area contributed by atoms with Gasteiger partial charge in [0.25, 0.3) is 0 Å². The lowest BCUT2D eigenvalue weighted by Gasteiger charge is -2.18. The maximum atomic E-state index is 12.7. The predicted octanol–water partition coefficient (Wildman–Crippen LogP) is 2.52. The number of methoxy groups -OCH3 is 1. The number of halogens is 1. The Hall–Kier alpha value is -2.87. The maximum Gasteiger partial charge on any atom is 0.329 e. The van der Waals surface area contributed by atoms with Gasteiger partial charge in [-0.05, 0) is 29.8 Å². The minimum Gasteiger partial charge on any atom is -0.469 e. The van der Waals surface area contributed by atoms with Crippen LogP contribution in [0.2, 0.25) is 0 Å². The summed E-state index contributed by atoms with van der Waals surface area (Å²) in [5.41, 5.74) is 1.91. The molecule has 0 aliphatic heterocycles. The summed E-state index contributed by atoms with van der Waals surface area (Å²) in [6.45, 7) is -0.147. The third-order valence-electron chi connectivity index (χ3n) is 4.54. The second-order valence-corrected chi connectivity index (χ2v) is 7.29. The van der Waals surface area contributed by atoms with E-state index in [9.17, 15) is 14.4 Å². The van der Waals surface area contributed by atoms with Gasteiger partial charge in [0.2, 0.25) is 5.91 Å². The van der Waals surface area contributed by atoms with Crippen molar-refractivity contribution in [3.63, 3.8) is 0 Å². The summed E-state index contributed by atoms with van der Waals surface area (Å²) in [4.78, 5) is 37.0. The molecule has 8 heteroatoms. The lowest BCUT2D eigenvalue weighted by atomic mass is 10.0. The van der Waals surface area contributed by atoms with E-state index in [1.54, 1.807) is 13.1 Å². The van der Waals surface area contributed by atoms with Crippen molar-refractivity contribution in [3.8, 4) is 0 Å². The van der Waals surface area contributed by atoms with Gasteiger partial charge in [-0.3, -0.25) is 18.7 Å². The van der Waals surface area contributed by atoms with Crippen LogP contribution in [0.3, 0.4) is 0 Å². The van der Waals surface area contributed by atoms with Gasteiger partial charge in [0.15, 0.2) is 0 Å². The number of hydrogen-bond acceptors (Lipinski definition) is 4. The van der Waals surface area contributed by atoms with Gasteiger partial charge in [-0.1, -0.05) is 40.2 Å². The van der Waals surface area contributed by atoms with E-state index in [1.807, 2.05) is 42.5 Å². The van der Waals surface area contributed by atoms with Gasteiger partial charge in [-0.2, -0.15) is 0 Å². The summed E-state index contributed by atoms with van der Waals surface area (Å²) in [6.07, 6.45) is -0.0108. The van der Waals surface area contributed by atoms with Crippen LogP contribution in [0.1, 0.15) is 18.0 Å². The molecule has 0 fully saturated rings. The number of fused-ring (bicyclic) bond motifs is 1. The fourth-order valence-electron chi connectivity index (χ4n) is 3.13. The molecule has 1 heterocycles. The molecule has 0 saturated heterocycles. The zero-order valence-electron chi connectivity index (χ0n) is 15.5. The number of aromatic nitrogens is 2. The van der Waals surface area contributed by atoms with Crippen molar-refractivity contribution in [2.75, 3.05) is 7.11 Å². The van der Waals surface area contributed by atoms with Crippen LogP contribution in [0.5, 0.6) is 0 Å². The van der Waals surface area contributed by atoms with Gasteiger partial charge in [0.05, 0.1) is 30.6 Å². The number of nitrogens with zero attached hydrogens (tertiary/aromatic N) is 2. The Morgan fingerprint density at radius 3 is 2.54 bits per heavy atom. The summed E-state index contributed by atoms with van der Waals surface area (Å²) < 4.78 is 8.50. The summed E-state index contributed by atoms with van der Waals surface area (Å²) in [5, 5.41) is 2.85. The molecule has 1 atom stereocenters. The van der Waals surface area contributed by atoms with Crippen LogP contribution < -0.4 is 11.0 Å². The molecule has 7 nitrogen and oxygen atoms in total. The van der Waals surface area contributed by atoms with Crippen molar-refractivity contribution in [2.24, 2.45) is 7.05 Å². The third-order valence-corrected chi connectivity index (χ3v) is 5.03. The van der Waals surface area contributed by atoms with Crippen molar-refractivity contribution in [3.05, 3.63) is 69.1 Å². The van der Waals surface area contributed by atoms with Gasteiger partial charge in [-0.25, -0.2) is 4.79 Å². The normalized spacial score (nSPS) is 12.0. The molecule has 0 aliphatic carbocycles. The van der Waals surface area contributed by atoms with Gasteiger partial charge in [-0.15, -0.1) is 0 Å². The smallest absolute Gasteiger partial charge is 0.329 e. The molecular weight excluding hydrogens is 426 g/mol. The molecule has 0 aliphatic rings. The highest BCUT2D eigenvalue weighted by molar-refractivity contribution is 9.10. The number of nitrogens with one attached hydrogen (secondary N) is 1. The lowest BCUT2D eigenvalue weighted by Crippen LogP contribution is -2.35. The van der Waals surface area contributed by atoms with Gasteiger partial charge < -0.3 is 10.1 Å². The average molecular weight is 446 g/mol. The number of rotatable bonds is 6. The number of aryl methyl sites for hydroxylation is 1. The Kier molecular flexibility index (Phi) is 5.99. The fourth-order valence-corrected chi connectivity index (χ4v) is 3.54. The summed E-state index contributed by atoms with van der Waals surface area (Å²) in [6, 6.07) is 14.0. The summed E-state index contributed by atoms with van der Waals surface area (Å²) in [7, 11) is 2.97. The van der Waals surface area contributed by atoms with E-state index < -0.39 is 12.0 Å². The second-order valence-electron chi connectivity index (χ2n) is 6.37. The van der Waals surface area contributed by atoms with Crippen LogP contribution in [0.15, 0.2) is 57.8 Å². The molecule has 2 aromatic carbocycles. The molecule has 0 bridgehead atoms. The third kappa shape index (κ3) is 4.17. The first-order chi connectivity index (χ1) is 13.4. The van der Waals surface area contributed by atoms with Crippen LogP contribution in [0.4, 0.5) is 0 Å². The molecule has 3 aromatic rings. The molecule has 1 aromatic heterocycles. The van der Waals surface area contributed by atoms with Crippen LogP contribution in [-0.4, -0.2) is 28.1 Å². The van der Waals surface area contributed by atoms with Crippen molar-refractivity contribution in [2.45, 2.75) is 19.0 Å². The van der Waals surface area contributed by atoms with E-state index in [0.29, 0.717) is 5.52 Å². The Bertz CT molecular complexity index is 1090. The van der Waals surface area contributed by atoms with Crippen molar-refractivity contribution < 1.29 is 14.3 Å². The van der Waals surface area contributed by atoms with Crippen molar-refractivity contribution in [1.29, 1.82) is 0 Å². The molecule has 0 radical (unpaired) electrons. The zero-order chi connectivity index (χ0) is 20.3. The molecule has 1 amide bonds. The zero-order valence-corrected chi connectivity index (χ0v) is 17.1. The highest BCUT2D eigenvalue weighted by Crippen LogP contribution is 2.21. The number of ether oxygens (including phenoxy) is 1. The summed E-state index contributed by atoms with van der Waals surface area (Å²) >= 11 is 3.40. The Labute approximate surface area is 170 Å². The van der Waals surface area contributed by atoms with E-state index in [1.165, 1.54) is 16.2 Å². The molecule has 1 N–H and O–H groups in total. The highest BCUT2D eigenvalue weighted by atomic mass is 79.9. The quantitative estimate of drug-likeness (QED) is 0.590. The SMILES string of the molecule is COC(=O)C[C@H](NC(=O)Cn1c(=O)n(C)c2ccccc21)c1cccc(Br)c1. The van der Waals surface area contributed by atoms with Crippen molar-refractivity contribution >= 4 is 38.8 Å². The van der Waals surface area contributed by atoms with Crippen LogP contribution in [-0.2, 0) is 27.9 Å². The number of hydrogen-bond donors (Lipinski definition) is 1. The molecular formula is C20H20BrN3O4. The van der Waals surface area contributed by atoms with Crippen molar-refractivity contribution in [1.82, 2.24) is 14.5 Å². The number of benzene rings is 2. The lowest BCUT2D eigenvalue weighted by molar-refractivity contribution is -0.141. The Morgan fingerprint density at radius 2 is 1.86 bits per heavy atom. The molecule has 28 heavy (non-hydrogen) atoms. The fraction of sp³-hybridized carbons (Fsp3) is 0.250. The Balaban J connectivity index is 1.86. The number of carbonyl (C=O) groups excluding carboxylic acids is 2. The number of para-hydroxylation sites is 2. The van der Waals surface area contributed by atoms with Crippen LogP contribution >= 0.6 is 15.9 Å².